The van der Waals surface area contributed by atoms with E-state index < -0.39 is 17.7 Å². The third-order valence-corrected chi connectivity index (χ3v) is 5.43. The van der Waals surface area contributed by atoms with E-state index in [0.717, 1.165) is 37.0 Å². The first-order chi connectivity index (χ1) is 15.9. The summed E-state index contributed by atoms with van der Waals surface area (Å²) in [5.74, 6) is -2.15. The zero-order chi connectivity index (χ0) is 24.1. The monoisotopic (exact) mass is 473 g/mol. The van der Waals surface area contributed by atoms with E-state index in [1.807, 2.05) is 18.2 Å². The van der Waals surface area contributed by atoms with E-state index in [2.05, 4.69) is 34.8 Å². The van der Waals surface area contributed by atoms with E-state index in [0.29, 0.717) is 5.69 Å². The zero-order valence-electron chi connectivity index (χ0n) is 18.6. The highest BCUT2D eigenvalue weighted by molar-refractivity contribution is 7.17. The van der Waals surface area contributed by atoms with E-state index in [9.17, 15) is 14.0 Å². The Bertz CT molecular complexity index is 1030. The Hall–Kier alpha value is -3.14. The fourth-order valence-electron chi connectivity index (χ4n) is 2.67. The van der Waals surface area contributed by atoms with Crippen molar-refractivity contribution in [3.05, 3.63) is 82.1 Å². The molecule has 0 aliphatic rings. The number of carbonyl (C=O) groups excluding carboxylic acids is 1. The number of unbranched alkanes of at least 4 members (excludes halogenated alkanes) is 2. The Labute approximate surface area is 196 Å². The molecular formula is C24H28FN3O4S. The molecular weight excluding hydrogens is 445 g/mol. The number of thiazole rings is 1. The highest BCUT2D eigenvalue weighted by Gasteiger charge is 2.16. The Kier molecular flexibility index (Phi) is 11.2. The molecule has 176 valence electrons. The second kappa shape index (κ2) is 14.1. The van der Waals surface area contributed by atoms with Crippen LogP contribution in [0.5, 0.6) is 0 Å². The first kappa shape index (κ1) is 26.1. The van der Waals surface area contributed by atoms with Crippen molar-refractivity contribution in [1.29, 1.82) is 0 Å². The topological polar surface area (TPSA) is 101 Å². The number of benzene rings is 2. The number of aryl methyl sites for hydroxylation is 1. The SMILES string of the molecule is CCCCCONCc1ccccc1.Cc1nc(NC(=O)c2cccc(F)c2)sc1C(=O)O. The minimum atomic E-state index is -1.10. The van der Waals surface area contributed by atoms with Gasteiger partial charge in [0.05, 0.1) is 12.3 Å². The van der Waals surface area contributed by atoms with Crippen molar-refractivity contribution >= 4 is 28.3 Å². The molecule has 0 aliphatic heterocycles. The molecule has 3 rings (SSSR count). The standard InChI is InChI=1S/C12H9FN2O3S.C12H19NO/c1-6-9(11(17)18)19-12(14-6)15-10(16)7-3-2-4-8(13)5-7;1-2-3-7-10-14-13-11-12-8-5-4-6-9-12/h2-5H,1H3,(H,17,18)(H,14,15,16);4-6,8-9,13H,2-3,7,10-11H2,1H3. The Balaban J connectivity index is 0.000000245. The largest absolute Gasteiger partial charge is 0.477 e. The number of carboxylic acids is 1. The summed E-state index contributed by atoms with van der Waals surface area (Å²) in [6, 6.07) is 15.5. The molecule has 9 heteroatoms. The lowest BCUT2D eigenvalue weighted by Crippen LogP contribution is -2.14. The van der Waals surface area contributed by atoms with E-state index in [1.54, 1.807) is 0 Å². The summed E-state index contributed by atoms with van der Waals surface area (Å²) in [4.78, 5) is 31.9. The lowest BCUT2D eigenvalue weighted by Gasteiger charge is -2.05. The van der Waals surface area contributed by atoms with Gasteiger partial charge in [0, 0.05) is 12.1 Å². The lowest BCUT2D eigenvalue weighted by molar-refractivity contribution is 0.0342. The summed E-state index contributed by atoms with van der Waals surface area (Å²) in [7, 11) is 0. The van der Waals surface area contributed by atoms with Gasteiger partial charge in [-0.05, 0) is 37.1 Å². The van der Waals surface area contributed by atoms with Crippen LogP contribution in [0.4, 0.5) is 9.52 Å². The zero-order valence-corrected chi connectivity index (χ0v) is 19.5. The fraction of sp³-hybridized carbons (Fsp3) is 0.292. The van der Waals surface area contributed by atoms with Gasteiger partial charge in [-0.15, -0.1) is 0 Å². The number of nitrogens with zero attached hydrogens (tertiary/aromatic N) is 1. The summed E-state index contributed by atoms with van der Waals surface area (Å²) in [5.41, 5.74) is 4.68. The number of hydrogen-bond donors (Lipinski definition) is 3. The lowest BCUT2D eigenvalue weighted by atomic mass is 10.2. The van der Waals surface area contributed by atoms with Crippen LogP contribution in [0, 0.1) is 12.7 Å². The van der Waals surface area contributed by atoms with Crippen LogP contribution in [0.2, 0.25) is 0 Å². The maximum absolute atomic E-state index is 13.0. The van der Waals surface area contributed by atoms with Crippen LogP contribution in [0.3, 0.4) is 0 Å². The van der Waals surface area contributed by atoms with Crippen molar-refractivity contribution < 1.29 is 23.9 Å². The van der Waals surface area contributed by atoms with E-state index in [1.165, 1.54) is 43.5 Å². The quantitative estimate of drug-likeness (QED) is 0.268. The summed E-state index contributed by atoms with van der Waals surface area (Å²) in [5, 5.41) is 11.5. The number of amides is 1. The van der Waals surface area contributed by atoms with Gasteiger partial charge in [-0.1, -0.05) is 67.5 Å². The minimum Gasteiger partial charge on any atom is -0.477 e. The minimum absolute atomic E-state index is 0.0644. The number of hydrogen-bond acceptors (Lipinski definition) is 6. The molecule has 0 saturated carbocycles. The molecule has 2 aromatic carbocycles. The third kappa shape index (κ3) is 9.48. The van der Waals surface area contributed by atoms with Gasteiger partial charge in [0.2, 0.25) is 0 Å². The summed E-state index contributed by atoms with van der Waals surface area (Å²) >= 11 is 0.858. The molecule has 1 aromatic heterocycles. The number of rotatable bonds is 10. The molecule has 0 spiro atoms. The van der Waals surface area contributed by atoms with Crippen LogP contribution >= 0.6 is 11.3 Å². The maximum atomic E-state index is 13.0. The molecule has 7 nitrogen and oxygen atoms in total. The molecule has 0 radical (unpaired) electrons. The van der Waals surface area contributed by atoms with Crippen LogP contribution in [-0.4, -0.2) is 28.6 Å². The van der Waals surface area contributed by atoms with Crippen molar-refractivity contribution in [3.63, 3.8) is 0 Å². The van der Waals surface area contributed by atoms with Crippen molar-refractivity contribution in [3.8, 4) is 0 Å². The molecule has 1 amide bonds. The highest BCUT2D eigenvalue weighted by Crippen LogP contribution is 2.23. The van der Waals surface area contributed by atoms with Gasteiger partial charge in [0.1, 0.15) is 10.7 Å². The van der Waals surface area contributed by atoms with Gasteiger partial charge in [0.25, 0.3) is 5.91 Å². The fourth-order valence-corrected chi connectivity index (χ4v) is 3.47. The van der Waals surface area contributed by atoms with Gasteiger partial charge < -0.3 is 9.94 Å². The molecule has 0 saturated heterocycles. The van der Waals surface area contributed by atoms with Gasteiger partial charge >= 0.3 is 5.97 Å². The first-order valence-corrected chi connectivity index (χ1v) is 11.4. The molecule has 0 aliphatic carbocycles. The molecule has 3 N–H and O–H groups in total. The van der Waals surface area contributed by atoms with Crippen LogP contribution in [-0.2, 0) is 11.4 Å². The number of anilines is 1. The second-order valence-corrected chi connectivity index (χ2v) is 8.06. The summed E-state index contributed by atoms with van der Waals surface area (Å²) in [6.45, 7) is 5.32. The number of nitrogens with one attached hydrogen (secondary N) is 2. The van der Waals surface area contributed by atoms with Crippen molar-refractivity contribution in [2.45, 2.75) is 39.7 Å². The number of hydroxylamine groups is 1. The maximum Gasteiger partial charge on any atom is 0.347 e. The van der Waals surface area contributed by atoms with Gasteiger partial charge in [-0.3, -0.25) is 10.1 Å². The predicted molar refractivity (Wildman–Crippen MR) is 127 cm³/mol. The predicted octanol–water partition coefficient (Wildman–Crippen LogP) is 5.44. The number of carboxylic acid groups (broad SMARTS) is 1. The molecule has 1 heterocycles. The van der Waals surface area contributed by atoms with Crippen LogP contribution in [0.15, 0.2) is 54.6 Å². The smallest absolute Gasteiger partial charge is 0.347 e. The Morgan fingerprint density at radius 2 is 1.88 bits per heavy atom. The average molecular weight is 474 g/mol. The summed E-state index contributed by atoms with van der Waals surface area (Å²) < 4.78 is 13.0. The van der Waals surface area contributed by atoms with Crippen LogP contribution in [0.1, 0.15) is 57.5 Å². The highest BCUT2D eigenvalue weighted by atomic mass is 32.1. The van der Waals surface area contributed by atoms with Crippen molar-refractivity contribution in [2.24, 2.45) is 0 Å². The van der Waals surface area contributed by atoms with E-state index in [4.69, 9.17) is 9.94 Å². The van der Waals surface area contributed by atoms with E-state index in [-0.39, 0.29) is 15.6 Å². The number of halogens is 1. The Morgan fingerprint density at radius 3 is 2.52 bits per heavy atom. The normalized spacial score (nSPS) is 10.3. The van der Waals surface area contributed by atoms with Crippen LogP contribution in [0.25, 0.3) is 0 Å². The van der Waals surface area contributed by atoms with Crippen molar-refractivity contribution in [2.75, 3.05) is 11.9 Å². The van der Waals surface area contributed by atoms with Crippen molar-refractivity contribution in [1.82, 2.24) is 10.5 Å². The van der Waals surface area contributed by atoms with Gasteiger partial charge in [0.15, 0.2) is 5.13 Å². The molecule has 33 heavy (non-hydrogen) atoms. The molecule has 0 atom stereocenters. The number of carbonyl (C=O) groups is 2. The molecule has 0 unspecified atom stereocenters. The number of aromatic nitrogens is 1. The molecule has 0 fully saturated rings. The second-order valence-electron chi connectivity index (χ2n) is 7.07. The summed E-state index contributed by atoms with van der Waals surface area (Å²) in [6.07, 6.45) is 3.62. The average Bonchev–Trinajstić information content (AvgIpc) is 3.17. The molecule has 0 bridgehead atoms. The van der Waals surface area contributed by atoms with Gasteiger partial charge in [-0.25, -0.2) is 14.2 Å². The van der Waals surface area contributed by atoms with Crippen LogP contribution < -0.4 is 10.8 Å². The third-order valence-electron chi connectivity index (χ3n) is 4.37. The number of aromatic carboxylic acids is 1. The Morgan fingerprint density at radius 1 is 1.12 bits per heavy atom. The van der Waals surface area contributed by atoms with Gasteiger partial charge in [-0.2, -0.15) is 5.48 Å². The molecule has 3 aromatic rings. The first-order valence-electron chi connectivity index (χ1n) is 10.6. The van der Waals surface area contributed by atoms with E-state index >= 15 is 0 Å².